The maximum absolute atomic E-state index is 12.9. The largest absolute Gasteiger partial charge is 0.468 e. The highest BCUT2D eigenvalue weighted by Crippen LogP contribution is 2.23. The predicted octanol–water partition coefficient (Wildman–Crippen LogP) is 3.70. The second-order valence-electron chi connectivity index (χ2n) is 7.73. The SMILES string of the molecule is Cc1nn(-c2ccccc2)c(C)c1NC(=O)CN(Cc1ccco1)CC1CCCO1. The number of carbonyl (C=O) groups excluding carboxylic acids is 1. The van der Waals surface area contributed by atoms with Gasteiger partial charge in [-0.25, -0.2) is 4.68 Å². The number of amides is 1. The van der Waals surface area contributed by atoms with E-state index in [9.17, 15) is 4.79 Å². The number of hydrogen-bond acceptors (Lipinski definition) is 5. The van der Waals surface area contributed by atoms with E-state index in [1.165, 1.54) is 0 Å². The summed E-state index contributed by atoms with van der Waals surface area (Å²) in [5, 5.41) is 7.68. The Hall–Kier alpha value is -2.90. The molecule has 30 heavy (non-hydrogen) atoms. The summed E-state index contributed by atoms with van der Waals surface area (Å²) in [6.07, 6.45) is 3.92. The number of aromatic nitrogens is 2. The fraction of sp³-hybridized carbons (Fsp3) is 0.391. The first-order valence-corrected chi connectivity index (χ1v) is 10.4. The minimum absolute atomic E-state index is 0.0710. The summed E-state index contributed by atoms with van der Waals surface area (Å²) in [6, 6.07) is 13.7. The number of hydrogen-bond donors (Lipinski definition) is 1. The van der Waals surface area contributed by atoms with Crippen LogP contribution in [0.4, 0.5) is 5.69 Å². The summed E-state index contributed by atoms with van der Waals surface area (Å²) in [5.74, 6) is 0.767. The number of para-hydroxylation sites is 1. The van der Waals surface area contributed by atoms with E-state index in [0.29, 0.717) is 13.1 Å². The van der Waals surface area contributed by atoms with Crippen LogP contribution in [0.2, 0.25) is 0 Å². The number of anilines is 1. The number of aryl methyl sites for hydroxylation is 1. The van der Waals surface area contributed by atoms with Gasteiger partial charge in [-0.3, -0.25) is 9.69 Å². The Morgan fingerprint density at radius 3 is 2.77 bits per heavy atom. The van der Waals surface area contributed by atoms with Crippen LogP contribution in [0.5, 0.6) is 0 Å². The molecule has 0 aliphatic carbocycles. The van der Waals surface area contributed by atoms with Crippen LogP contribution in [0.3, 0.4) is 0 Å². The molecule has 2 aromatic heterocycles. The van der Waals surface area contributed by atoms with Crippen LogP contribution in [0.25, 0.3) is 5.69 Å². The van der Waals surface area contributed by atoms with E-state index in [4.69, 9.17) is 9.15 Å². The minimum atomic E-state index is -0.0710. The molecule has 0 spiro atoms. The van der Waals surface area contributed by atoms with Gasteiger partial charge in [0.25, 0.3) is 0 Å². The molecule has 1 N–H and O–H groups in total. The van der Waals surface area contributed by atoms with Gasteiger partial charge in [0.05, 0.1) is 48.2 Å². The number of nitrogens with zero attached hydrogens (tertiary/aromatic N) is 3. The van der Waals surface area contributed by atoms with Gasteiger partial charge in [-0.05, 0) is 51.0 Å². The number of furan rings is 1. The molecule has 158 valence electrons. The van der Waals surface area contributed by atoms with Crippen molar-refractivity contribution in [3.63, 3.8) is 0 Å². The van der Waals surface area contributed by atoms with Gasteiger partial charge in [-0.2, -0.15) is 5.10 Å². The maximum Gasteiger partial charge on any atom is 0.238 e. The molecule has 0 radical (unpaired) electrons. The van der Waals surface area contributed by atoms with Crippen molar-refractivity contribution in [2.24, 2.45) is 0 Å². The number of carbonyl (C=O) groups is 1. The van der Waals surface area contributed by atoms with Crippen LogP contribution in [0.15, 0.2) is 53.1 Å². The van der Waals surface area contributed by atoms with Gasteiger partial charge in [-0.1, -0.05) is 18.2 Å². The van der Waals surface area contributed by atoms with Crippen molar-refractivity contribution < 1.29 is 13.9 Å². The zero-order valence-corrected chi connectivity index (χ0v) is 17.5. The van der Waals surface area contributed by atoms with Gasteiger partial charge >= 0.3 is 0 Å². The molecule has 1 aliphatic heterocycles. The van der Waals surface area contributed by atoms with Crippen molar-refractivity contribution >= 4 is 11.6 Å². The highest BCUT2D eigenvalue weighted by atomic mass is 16.5. The molecule has 3 heterocycles. The predicted molar refractivity (Wildman–Crippen MR) is 115 cm³/mol. The van der Waals surface area contributed by atoms with Crippen LogP contribution < -0.4 is 5.32 Å². The number of ether oxygens (including phenoxy) is 1. The zero-order valence-electron chi connectivity index (χ0n) is 17.5. The molecule has 7 heteroatoms. The molecule has 1 atom stereocenters. The second kappa shape index (κ2) is 9.28. The van der Waals surface area contributed by atoms with Gasteiger partial charge < -0.3 is 14.5 Å². The fourth-order valence-corrected chi connectivity index (χ4v) is 3.91. The van der Waals surface area contributed by atoms with Crippen molar-refractivity contribution in [3.05, 3.63) is 65.9 Å². The van der Waals surface area contributed by atoms with Crippen LogP contribution in [-0.4, -0.2) is 46.4 Å². The minimum Gasteiger partial charge on any atom is -0.468 e. The Labute approximate surface area is 176 Å². The summed E-state index contributed by atoms with van der Waals surface area (Å²) in [5.41, 5.74) is 3.43. The lowest BCUT2D eigenvalue weighted by atomic mass is 10.2. The lowest BCUT2D eigenvalue weighted by Crippen LogP contribution is -2.38. The number of benzene rings is 1. The van der Waals surface area contributed by atoms with E-state index in [1.54, 1.807) is 6.26 Å². The molecule has 1 fully saturated rings. The fourth-order valence-electron chi connectivity index (χ4n) is 3.91. The van der Waals surface area contributed by atoms with Crippen molar-refractivity contribution in [2.45, 2.75) is 39.3 Å². The molecular weight excluding hydrogens is 380 g/mol. The summed E-state index contributed by atoms with van der Waals surface area (Å²) in [7, 11) is 0. The average molecular weight is 409 g/mol. The Bertz CT molecular complexity index is 960. The molecule has 0 saturated carbocycles. The molecule has 1 saturated heterocycles. The highest BCUT2D eigenvalue weighted by molar-refractivity contribution is 5.93. The van der Waals surface area contributed by atoms with E-state index in [0.717, 1.165) is 48.0 Å². The monoisotopic (exact) mass is 408 g/mol. The Morgan fingerprint density at radius 1 is 1.23 bits per heavy atom. The molecule has 1 amide bonds. The topological polar surface area (TPSA) is 72.5 Å². The molecule has 7 nitrogen and oxygen atoms in total. The molecule has 1 aromatic carbocycles. The second-order valence-corrected chi connectivity index (χ2v) is 7.73. The van der Waals surface area contributed by atoms with Gasteiger partial charge in [-0.15, -0.1) is 0 Å². The lowest BCUT2D eigenvalue weighted by molar-refractivity contribution is -0.117. The molecule has 0 bridgehead atoms. The molecular formula is C23H28N4O3. The smallest absolute Gasteiger partial charge is 0.238 e. The maximum atomic E-state index is 12.9. The average Bonchev–Trinajstić information content (AvgIpc) is 3.49. The molecule has 1 unspecified atom stereocenters. The molecule has 3 aromatic rings. The van der Waals surface area contributed by atoms with Crippen molar-refractivity contribution in [1.82, 2.24) is 14.7 Å². The van der Waals surface area contributed by atoms with E-state index in [-0.39, 0.29) is 18.6 Å². The van der Waals surface area contributed by atoms with Crippen LogP contribution in [-0.2, 0) is 16.1 Å². The van der Waals surface area contributed by atoms with Crippen molar-refractivity contribution in [2.75, 3.05) is 25.0 Å². The molecule has 4 rings (SSSR count). The van der Waals surface area contributed by atoms with Crippen molar-refractivity contribution in [3.8, 4) is 5.69 Å². The summed E-state index contributed by atoms with van der Waals surface area (Å²) >= 11 is 0. The van der Waals surface area contributed by atoms with Crippen LogP contribution in [0.1, 0.15) is 30.0 Å². The van der Waals surface area contributed by atoms with Gasteiger partial charge in [0, 0.05) is 13.2 Å². The van der Waals surface area contributed by atoms with E-state index >= 15 is 0 Å². The number of nitrogens with one attached hydrogen (secondary N) is 1. The Kier molecular flexibility index (Phi) is 6.30. The lowest BCUT2D eigenvalue weighted by Gasteiger charge is -2.23. The van der Waals surface area contributed by atoms with Gasteiger partial charge in [0.1, 0.15) is 5.76 Å². The quantitative estimate of drug-likeness (QED) is 0.615. The van der Waals surface area contributed by atoms with Crippen LogP contribution >= 0.6 is 0 Å². The molecule has 1 aliphatic rings. The first-order valence-electron chi connectivity index (χ1n) is 10.4. The third-order valence-corrected chi connectivity index (χ3v) is 5.37. The Morgan fingerprint density at radius 2 is 2.07 bits per heavy atom. The van der Waals surface area contributed by atoms with E-state index in [2.05, 4.69) is 15.3 Å². The van der Waals surface area contributed by atoms with E-state index in [1.807, 2.05) is 61.0 Å². The first-order chi connectivity index (χ1) is 14.6. The summed E-state index contributed by atoms with van der Waals surface area (Å²) < 4.78 is 13.1. The third kappa shape index (κ3) is 4.80. The first kappa shape index (κ1) is 20.4. The Balaban J connectivity index is 1.45. The van der Waals surface area contributed by atoms with Crippen molar-refractivity contribution in [1.29, 1.82) is 0 Å². The van der Waals surface area contributed by atoms with Crippen LogP contribution in [0, 0.1) is 13.8 Å². The van der Waals surface area contributed by atoms with E-state index < -0.39 is 0 Å². The zero-order chi connectivity index (χ0) is 20.9. The highest BCUT2D eigenvalue weighted by Gasteiger charge is 2.23. The van der Waals surface area contributed by atoms with Gasteiger partial charge in [0.15, 0.2) is 0 Å². The summed E-state index contributed by atoms with van der Waals surface area (Å²) in [4.78, 5) is 15.0. The number of rotatable bonds is 8. The third-order valence-electron chi connectivity index (χ3n) is 5.37. The standard InChI is InChI=1S/C23H28N4O3/c1-17-23(18(2)27(25-17)19-8-4-3-5-9-19)24-22(28)16-26(14-20-10-6-12-29-20)15-21-11-7-13-30-21/h3-6,8-10,12,21H,7,11,13-16H2,1-2H3,(H,24,28). The summed E-state index contributed by atoms with van der Waals surface area (Å²) in [6.45, 7) is 6.21. The van der Waals surface area contributed by atoms with Gasteiger partial charge in [0.2, 0.25) is 5.91 Å². The normalized spacial score (nSPS) is 16.3.